The Morgan fingerprint density at radius 2 is 2.35 bits per heavy atom. The van der Waals surface area contributed by atoms with E-state index in [0.717, 1.165) is 5.75 Å². The van der Waals surface area contributed by atoms with Gasteiger partial charge in [-0.25, -0.2) is 4.79 Å². The first-order chi connectivity index (χ1) is 9.56. The number of carbonyl (C=O) groups is 1. The molecule has 1 aromatic carbocycles. The van der Waals surface area contributed by atoms with Crippen LogP contribution in [0.1, 0.15) is 0 Å². The summed E-state index contributed by atoms with van der Waals surface area (Å²) in [5, 5.41) is 20.5. The van der Waals surface area contributed by atoms with Crippen LogP contribution in [0.2, 0.25) is 0 Å². The number of hydrogen-bond acceptors (Lipinski definition) is 6. The molecule has 0 aromatic heterocycles. The second kappa shape index (κ2) is 6.00. The second-order valence-corrected chi connectivity index (χ2v) is 5.36. The van der Waals surface area contributed by atoms with Gasteiger partial charge in [0, 0.05) is 18.1 Å². The van der Waals surface area contributed by atoms with Crippen LogP contribution in [0.5, 0.6) is 5.75 Å². The van der Waals surface area contributed by atoms with Gasteiger partial charge in [-0.1, -0.05) is 6.07 Å². The number of nitro benzene ring substituents is 1. The number of hydrogen-bond donors (Lipinski definition) is 1. The number of benzene rings is 1. The molecule has 1 aromatic rings. The number of carboxylic acid groups (broad SMARTS) is 1. The Morgan fingerprint density at radius 3 is 2.95 bits per heavy atom. The minimum absolute atomic E-state index is 0.134. The van der Waals surface area contributed by atoms with E-state index >= 15 is 0 Å². The highest BCUT2D eigenvalue weighted by Gasteiger charge is 2.34. The number of aliphatic carboxylic acids is 1. The summed E-state index contributed by atoms with van der Waals surface area (Å²) in [7, 11) is 1.35. The quantitative estimate of drug-likeness (QED) is 0.666. The Hall–Kier alpha value is -1.96. The first kappa shape index (κ1) is 14.4. The van der Waals surface area contributed by atoms with Gasteiger partial charge >= 0.3 is 11.7 Å². The average molecular weight is 298 g/mol. The molecule has 0 radical (unpaired) electrons. The Labute approximate surface area is 119 Å². The van der Waals surface area contributed by atoms with Gasteiger partial charge < -0.3 is 14.7 Å². The lowest BCUT2D eigenvalue weighted by molar-refractivity contribution is -0.385. The van der Waals surface area contributed by atoms with Gasteiger partial charge in [-0.2, -0.15) is 11.8 Å². The lowest BCUT2D eigenvalue weighted by Crippen LogP contribution is -2.47. The summed E-state index contributed by atoms with van der Waals surface area (Å²) >= 11 is 1.53. The Bertz CT molecular complexity index is 537. The highest BCUT2D eigenvalue weighted by atomic mass is 32.2. The summed E-state index contributed by atoms with van der Waals surface area (Å²) in [5.74, 6) is 0.297. The summed E-state index contributed by atoms with van der Waals surface area (Å²) in [6.45, 7) is 0.454. The summed E-state index contributed by atoms with van der Waals surface area (Å²) in [6.07, 6.45) is 0. The van der Waals surface area contributed by atoms with Crippen LogP contribution in [0.15, 0.2) is 18.2 Å². The molecular formula is C12H14N2O5S. The van der Waals surface area contributed by atoms with Crippen molar-refractivity contribution in [3.05, 3.63) is 28.3 Å². The summed E-state index contributed by atoms with van der Waals surface area (Å²) in [4.78, 5) is 23.6. The van der Waals surface area contributed by atoms with Gasteiger partial charge in [0.2, 0.25) is 0 Å². The largest absolute Gasteiger partial charge is 0.490 e. The average Bonchev–Trinajstić information content (AvgIpc) is 2.46. The summed E-state index contributed by atoms with van der Waals surface area (Å²) in [5.41, 5.74) is 0.107. The Balaban J connectivity index is 2.50. The van der Waals surface area contributed by atoms with Gasteiger partial charge in [-0.3, -0.25) is 10.1 Å². The van der Waals surface area contributed by atoms with Crippen LogP contribution in [0.3, 0.4) is 0 Å². The molecule has 108 valence electrons. The fourth-order valence-electron chi connectivity index (χ4n) is 2.19. The molecule has 7 nitrogen and oxygen atoms in total. The van der Waals surface area contributed by atoms with Crippen LogP contribution < -0.4 is 9.64 Å². The van der Waals surface area contributed by atoms with Crippen molar-refractivity contribution in [1.82, 2.24) is 0 Å². The smallest absolute Gasteiger partial charge is 0.333 e. The van der Waals surface area contributed by atoms with E-state index in [1.807, 2.05) is 0 Å². The molecule has 1 aliphatic heterocycles. The molecule has 20 heavy (non-hydrogen) atoms. The third-order valence-corrected chi connectivity index (χ3v) is 4.13. The maximum Gasteiger partial charge on any atom is 0.333 e. The van der Waals surface area contributed by atoms with E-state index in [-0.39, 0.29) is 11.4 Å². The van der Waals surface area contributed by atoms with E-state index in [0.29, 0.717) is 18.0 Å². The monoisotopic (exact) mass is 298 g/mol. The zero-order valence-corrected chi connectivity index (χ0v) is 11.6. The predicted octanol–water partition coefficient (Wildman–Crippen LogP) is 1.61. The van der Waals surface area contributed by atoms with Crippen molar-refractivity contribution >= 4 is 29.1 Å². The number of methoxy groups -OCH3 is 1. The molecule has 1 aliphatic rings. The molecule has 1 unspecified atom stereocenters. The van der Waals surface area contributed by atoms with Crippen LogP contribution in [0.4, 0.5) is 11.4 Å². The standard InChI is InChI=1S/C12H14N2O5S/c1-19-10-4-2-3-8(11(10)14(17)18)13-5-6-20-7-9(13)12(15)16/h2-4,9H,5-7H2,1H3,(H,15,16). The zero-order chi connectivity index (χ0) is 14.7. The van der Waals surface area contributed by atoms with Crippen molar-refractivity contribution in [3.63, 3.8) is 0 Å². The molecule has 0 saturated carbocycles. The molecule has 0 aliphatic carbocycles. The SMILES string of the molecule is COc1cccc(N2CCSCC2C(=O)O)c1[N+](=O)[O-]. The van der Waals surface area contributed by atoms with Crippen LogP contribution in [0, 0.1) is 10.1 Å². The van der Waals surface area contributed by atoms with Gasteiger partial charge in [0.15, 0.2) is 5.75 Å². The van der Waals surface area contributed by atoms with Gasteiger partial charge in [-0.15, -0.1) is 0 Å². The molecule has 1 N–H and O–H groups in total. The number of nitro groups is 1. The normalized spacial score (nSPS) is 18.6. The topological polar surface area (TPSA) is 92.9 Å². The fraction of sp³-hybridized carbons (Fsp3) is 0.417. The molecule has 1 saturated heterocycles. The molecular weight excluding hydrogens is 284 g/mol. The van der Waals surface area contributed by atoms with Crippen molar-refractivity contribution in [2.24, 2.45) is 0 Å². The third kappa shape index (κ3) is 2.64. The number of carboxylic acids is 1. The Kier molecular flexibility index (Phi) is 4.33. The van der Waals surface area contributed by atoms with Crippen LogP contribution in [-0.4, -0.2) is 47.2 Å². The lowest BCUT2D eigenvalue weighted by atomic mass is 10.1. The van der Waals surface area contributed by atoms with E-state index in [1.54, 1.807) is 17.0 Å². The number of thioether (sulfide) groups is 1. The minimum atomic E-state index is -0.977. The van der Waals surface area contributed by atoms with Crippen molar-refractivity contribution in [3.8, 4) is 5.75 Å². The molecule has 0 bridgehead atoms. The highest BCUT2D eigenvalue weighted by Crippen LogP contribution is 2.39. The first-order valence-corrected chi connectivity index (χ1v) is 7.10. The zero-order valence-electron chi connectivity index (χ0n) is 10.8. The number of anilines is 1. The van der Waals surface area contributed by atoms with E-state index < -0.39 is 16.9 Å². The molecule has 1 heterocycles. The predicted molar refractivity (Wildman–Crippen MR) is 75.7 cm³/mol. The number of nitrogens with zero attached hydrogens (tertiary/aromatic N) is 2. The summed E-state index contributed by atoms with van der Waals surface area (Å²) < 4.78 is 5.01. The van der Waals surface area contributed by atoms with E-state index in [2.05, 4.69) is 0 Å². The number of para-hydroxylation sites is 1. The van der Waals surface area contributed by atoms with E-state index in [1.165, 1.54) is 24.9 Å². The van der Waals surface area contributed by atoms with E-state index in [4.69, 9.17) is 4.74 Å². The maximum atomic E-state index is 11.3. The van der Waals surface area contributed by atoms with Crippen LogP contribution >= 0.6 is 11.8 Å². The van der Waals surface area contributed by atoms with Gasteiger partial charge in [0.25, 0.3) is 0 Å². The van der Waals surface area contributed by atoms with Crippen molar-refractivity contribution in [2.75, 3.05) is 30.1 Å². The highest BCUT2D eigenvalue weighted by molar-refractivity contribution is 7.99. The first-order valence-electron chi connectivity index (χ1n) is 5.95. The fourth-order valence-corrected chi connectivity index (χ4v) is 3.23. The maximum absolute atomic E-state index is 11.3. The van der Waals surface area contributed by atoms with Gasteiger partial charge in [0.1, 0.15) is 11.7 Å². The second-order valence-electron chi connectivity index (χ2n) is 4.21. The van der Waals surface area contributed by atoms with Crippen molar-refractivity contribution in [2.45, 2.75) is 6.04 Å². The molecule has 1 atom stereocenters. The number of ether oxygens (including phenoxy) is 1. The summed E-state index contributed by atoms with van der Waals surface area (Å²) in [6, 6.07) is 3.92. The van der Waals surface area contributed by atoms with E-state index in [9.17, 15) is 20.0 Å². The molecule has 1 fully saturated rings. The van der Waals surface area contributed by atoms with Crippen LogP contribution in [0.25, 0.3) is 0 Å². The minimum Gasteiger partial charge on any atom is -0.490 e. The molecule has 0 spiro atoms. The van der Waals surface area contributed by atoms with Gasteiger partial charge in [0.05, 0.1) is 12.0 Å². The Morgan fingerprint density at radius 1 is 1.60 bits per heavy atom. The van der Waals surface area contributed by atoms with Crippen molar-refractivity contribution < 1.29 is 19.6 Å². The van der Waals surface area contributed by atoms with Crippen LogP contribution in [-0.2, 0) is 4.79 Å². The number of rotatable bonds is 4. The molecule has 0 amide bonds. The van der Waals surface area contributed by atoms with Crippen molar-refractivity contribution in [1.29, 1.82) is 0 Å². The third-order valence-electron chi connectivity index (χ3n) is 3.10. The van der Waals surface area contributed by atoms with Gasteiger partial charge in [-0.05, 0) is 12.1 Å². The molecule has 8 heteroatoms. The molecule has 2 rings (SSSR count). The lowest BCUT2D eigenvalue weighted by Gasteiger charge is -2.34.